The van der Waals surface area contributed by atoms with Gasteiger partial charge in [0.15, 0.2) is 12.8 Å². The van der Waals surface area contributed by atoms with Crippen molar-refractivity contribution in [1.29, 1.82) is 0 Å². The van der Waals surface area contributed by atoms with E-state index in [9.17, 15) is 49.2 Å². The molecular weight excluding hydrogens is 385 g/mol. The summed E-state index contributed by atoms with van der Waals surface area (Å²) < 4.78 is 34.9. The van der Waals surface area contributed by atoms with Gasteiger partial charge < -0.3 is 0 Å². The van der Waals surface area contributed by atoms with Crippen LogP contribution in [0, 0.1) is 40.5 Å². The highest BCUT2D eigenvalue weighted by atomic mass is 35.5. The van der Waals surface area contributed by atoms with E-state index in [0.717, 1.165) is 0 Å². The molecule has 0 saturated carbocycles. The van der Waals surface area contributed by atoms with Crippen molar-refractivity contribution >= 4 is 23.7 Å². The fourth-order valence-electron chi connectivity index (χ4n) is 1.26. The zero-order valence-corrected chi connectivity index (χ0v) is 11.8. The van der Waals surface area contributed by atoms with Crippen LogP contribution in [0.15, 0.2) is 0 Å². The Kier molecular flexibility index (Phi) is 6.40. The van der Waals surface area contributed by atoms with E-state index in [2.05, 4.69) is 8.58 Å². The lowest BCUT2D eigenvalue weighted by Crippen LogP contribution is -2.55. The fourth-order valence-corrected chi connectivity index (χ4v) is 1.57. The normalized spacial score (nSPS) is 12.7. The van der Waals surface area contributed by atoms with Gasteiger partial charge in [-0.2, -0.15) is 0 Å². The number of alkyl halides is 2. The van der Waals surface area contributed by atoms with Crippen LogP contribution in [0.5, 0.6) is 0 Å². The number of hydrogen-bond acceptors (Lipinski definition) is 10. The van der Waals surface area contributed by atoms with Crippen LogP contribution in [0.3, 0.4) is 0 Å². The van der Waals surface area contributed by atoms with Gasteiger partial charge >= 0.3 is 11.8 Å². The van der Waals surface area contributed by atoms with Crippen LogP contribution >= 0.6 is 23.7 Å². The smallest absolute Gasteiger partial charge is 0.256 e. The topological polar surface area (TPSA) is 191 Å². The van der Waals surface area contributed by atoms with Crippen molar-refractivity contribution in [1.82, 2.24) is 0 Å². The van der Waals surface area contributed by atoms with Gasteiger partial charge in [0.2, 0.25) is 5.79 Å². The van der Waals surface area contributed by atoms with Crippen molar-refractivity contribution in [3.63, 3.8) is 0 Å². The molecule has 0 radical (unpaired) electrons. The van der Waals surface area contributed by atoms with Crippen LogP contribution in [0.25, 0.3) is 0 Å². The second-order valence-electron chi connectivity index (χ2n) is 3.88. The highest BCUT2D eigenvalue weighted by molar-refractivity contribution is 6.09. The van der Waals surface area contributed by atoms with Crippen molar-refractivity contribution in [2.75, 3.05) is 0 Å². The Labute approximate surface area is 132 Å². The molecule has 0 bridgehead atoms. The maximum Gasteiger partial charge on any atom is 0.619 e. The van der Waals surface area contributed by atoms with Crippen LogP contribution in [0.4, 0.5) is 8.78 Å². The minimum atomic E-state index is -4.65. The molecule has 0 aromatic rings. The second-order valence-corrected chi connectivity index (χ2v) is 4.19. The fraction of sp³-hybridized carbons (Fsp3) is 1.00. The van der Waals surface area contributed by atoms with E-state index in [1.54, 1.807) is 0 Å². The quantitative estimate of drug-likeness (QED) is 0.227. The van der Waals surface area contributed by atoms with Gasteiger partial charge in [-0.1, -0.05) is 8.78 Å². The molecule has 0 heterocycles. The number of rotatable bonds is 10. The third-order valence-electron chi connectivity index (χ3n) is 2.39. The Morgan fingerprint density at radius 3 is 1.09 bits per heavy atom. The molecule has 0 rings (SSSR count). The maximum absolute atomic E-state index is 13.7. The average Bonchev–Trinajstić information content (AvgIpc) is 2.45. The summed E-state index contributed by atoms with van der Waals surface area (Å²) in [6, 6.07) is 0. The standard InChI is InChI=1S/C5H4Cl2F2N4O10/c6-22-3(23-7,1-4(8,10(14)15)11(16)17)2-5(9,12(18)19)13(20)21/h1-2H2. The van der Waals surface area contributed by atoms with Gasteiger partial charge in [0, 0.05) is 0 Å². The first kappa shape index (κ1) is 21.0. The molecule has 0 fully saturated rings. The molecule has 0 atom stereocenters. The SMILES string of the molecule is O=[N+]([O-])C(F)(CC(CC(F)([N+](=O)[O-])[N+](=O)[O-])(OCl)OCl)[N+](=O)[O-]. The van der Waals surface area contributed by atoms with Crippen LogP contribution in [0.1, 0.15) is 12.8 Å². The summed E-state index contributed by atoms with van der Waals surface area (Å²) in [5, 5.41) is 41.7. The van der Waals surface area contributed by atoms with E-state index >= 15 is 0 Å². The minimum absolute atomic E-state index is 2.13. The molecular formula is C5H4Cl2F2N4O10. The Bertz CT molecular complexity index is 459. The van der Waals surface area contributed by atoms with Crippen molar-refractivity contribution in [3.05, 3.63) is 40.5 Å². The molecule has 0 spiro atoms. The summed E-state index contributed by atoms with van der Waals surface area (Å²) in [5.41, 5.74) is 0. The molecule has 0 aliphatic heterocycles. The van der Waals surface area contributed by atoms with E-state index in [0.29, 0.717) is 0 Å². The summed E-state index contributed by atoms with van der Waals surface area (Å²) in [5.74, 6) is -12.8. The number of nitrogens with zero attached hydrogens (tertiary/aromatic N) is 4. The molecule has 132 valence electrons. The molecule has 14 nitrogen and oxygen atoms in total. The third kappa shape index (κ3) is 4.03. The predicted octanol–water partition coefficient (Wildman–Crippen LogP) is 1.16. The molecule has 0 N–H and O–H groups in total. The Hall–Kier alpha value is -2.04. The molecule has 23 heavy (non-hydrogen) atoms. The number of hydrogen-bond donors (Lipinski definition) is 0. The lowest BCUT2D eigenvalue weighted by Gasteiger charge is -2.26. The summed E-state index contributed by atoms with van der Waals surface area (Å²) in [6.45, 7) is 0. The average molecular weight is 389 g/mol. The summed E-state index contributed by atoms with van der Waals surface area (Å²) >= 11 is 9.44. The van der Waals surface area contributed by atoms with Gasteiger partial charge in [0.05, 0.1) is 23.7 Å². The molecule has 0 saturated heterocycles. The number of nitro groups is 4. The summed E-state index contributed by atoms with van der Waals surface area (Å²) in [4.78, 5) is 33.2. The summed E-state index contributed by atoms with van der Waals surface area (Å²) in [7, 11) is 0. The van der Waals surface area contributed by atoms with Crippen LogP contribution in [0.2, 0.25) is 0 Å². The molecule has 0 aromatic carbocycles. The first-order valence-corrected chi connectivity index (χ1v) is 5.48. The highest BCUT2D eigenvalue weighted by Gasteiger charge is 2.71. The van der Waals surface area contributed by atoms with E-state index in [1.807, 2.05) is 0 Å². The van der Waals surface area contributed by atoms with Gasteiger partial charge in [-0.25, -0.2) is 8.58 Å². The van der Waals surface area contributed by atoms with Crippen molar-refractivity contribution < 1.29 is 37.1 Å². The molecule has 0 unspecified atom stereocenters. The van der Waals surface area contributed by atoms with Gasteiger partial charge in [0.25, 0.3) is 0 Å². The monoisotopic (exact) mass is 388 g/mol. The van der Waals surface area contributed by atoms with E-state index in [1.165, 1.54) is 0 Å². The molecule has 0 aliphatic rings. The van der Waals surface area contributed by atoms with E-state index in [-0.39, 0.29) is 0 Å². The Balaban J connectivity index is 5.94. The van der Waals surface area contributed by atoms with Gasteiger partial charge in [0.1, 0.15) is 19.7 Å². The zero-order valence-electron chi connectivity index (χ0n) is 10.3. The van der Waals surface area contributed by atoms with Gasteiger partial charge in [-0.3, -0.25) is 40.5 Å². The lowest BCUT2D eigenvalue weighted by atomic mass is 10.0. The number of halogens is 4. The third-order valence-corrected chi connectivity index (χ3v) is 2.95. The maximum atomic E-state index is 13.7. The molecule has 18 heteroatoms. The van der Waals surface area contributed by atoms with Gasteiger partial charge in [-0.15, -0.1) is 0 Å². The first-order valence-electron chi connectivity index (χ1n) is 4.86. The Morgan fingerprint density at radius 2 is 0.957 bits per heavy atom. The van der Waals surface area contributed by atoms with Crippen molar-refractivity contribution in [2.45, 2.75) is 30.5 Å². The Morgan fingerprint density at radius 1 is 0.739 bits per heavy atom. The lowest BCUT2D eigenvalue weighted by molar-refractivity contribution is -0.843. The van der Waals surface area contributed by atoms with Crippen LogP contribution in [-0.4, -0.2) is 37.3 Å². The van der Waals surface area contributed by atoms with Crippen LogP contribution < -0.4 is 0 Å². The highest BCUT2D eigenvalue weighted by Crippen LogP contribution is 2.39. The predicted molar refractivity (Wildman–Crippen MR) is 61.5 cm³/mol. The van der Waals surface area contributed by atoms with Crippen molar-refractivity contribution in [2.24, 2.45) is 0 Å². The molecule has 0 aliphatic carbocycles. The van der Waals surface area contributed by atoms with Crippen molar-refractivity contribution in [3.8, 4) is 0 Å². The zero-order chi connectivity index (χ0) is 18.6. The minimum Gasteiger partial charge on any atom is -0.256 e. The molecule has 0 amide bonds. The van der Waals surface area contributed by atoms with Crippen LogP contribution in [-0.2, 0) is 8.58 Å². The molecule has 0 aromatic heterocycles. The first-order chi connectivity index (χ1) is 10.3. The second kappa shape index (κ2) is 7.02. The van der Waals surface area contributed by atoms with Gasteiger partial charge in [-0.05, 0) is 0 Å². The largest absolute Gasteiger partial charge is 0.619 e. The van der Waals surface area contributed by atoms with E-state index < -0.39 is 50.2 Å². The summed E-state index contributed by atoms with van der Waals surface area (Å²) in [6.07, 6.45) is -4.50. The van der Waals surface area contributed by atoms with E-state index in [4.69, 9.17) is 23.7 Å².